The Hall–Kier alpha value is -3.44. The lowest BCUT2D eigenvalue weighted by atomic mass is 10.1. The summed E-state index contributed by atoms with van der Waals surface area (Å²) in [5, 5.41) is 29.6. The lowest BCUT2D eigenvalue weighted by molar-refractivity contribution is -0.125. The molecule has 0 unspecified atom stereocenters. The standard InChI is InChI=1S/C25H27NO8/c1-18(29)24(23(30)16-28)26-25(31)20-8-6-19(7-9-20)4-2-3-5-21-10-11-22(34-21)17-33-15-14-32-13-12-27/h6-11,18,24,27-29H,12-17H2,1H3,(H,26,31)/t18-,24-/m0/s1. The van der Waals surface area contributed by atoms with Crippen LogP contribution in [0.25, 0.3) is 0 Å². The maximum absolute atomic E-state index is 12.3. The predicted molar refractivity (Wildman–Crippen MR) is 121 cm³/mol. The lowest BCUT2D eigenvalue weighted by Crippen LogP contribution is -2.48. The molecule has 0 fully saturated rings. The summed E-state index contributed by atoms with van der Waals surface area (Å²) in [6, 6.07) is 8.60. The third-order valence-electron chi connectivity index (χ3n) is 4.39. The van der Waals surface area contributed by atoms with Crippen LogP contribution in [0.3, 0.4) is 0 Å². The van der Waals surface area contributed by atoms with E-state index >= 15 is 0 Å². The third kappa shape index (κ3) is 9.20. The second-order valence-electron chi connectivity index (χ2n) is 7.05. The number of ketones is 1. The van der Waals surface area contributed by atoms with Gasteiger partial charge in [0.15, 0.2) is 11.5 Å². The predicted octanol–water partition coefficient (Wildman–Crippen LogP) is 0.249. The number of aliphatic hydroxyl groups excluding tert-OH is 3. The van der Waals surface area contributed by atoms with Gasteiger partial charge in [0.25, 0.3) is 5.91 Å². The molecule has 0 aliphatic carbocycles. The van der Waals surface area contributed by atoms with Crippen molar-refractivity contribution >= 4 is 11.7 Å². The highest BCUT2D eigenvalue weighted by Crippen LogP contribution is 2.08. The average molecular weight is 469 g/mol. The molecule has 1 amide bonds. The Kier molecular flexibility index (Phi) is 11.6. The summed E-state index contributed by atoms with van der Waals surface area (Å²) in [4.78, 5) is 23.9. The number of rotatable bonds is 12. The Bertz CT molecular complexity index is 1050. The minimum Gasteiger partial charge on any atom is -0.450 e. The molecule has 34 heavy (non-hydrogen) atoms. The molecular formula is C25H27NO8. The zero-order chi connectivity index (χ0) is 24.8. The summed E-state index contributed by atoms with van der Waals surface area (Å²) in [7, 11) is 0. The van der Waals surface area contributed by atoms with E-state index in [0.29, 0.717) is 30.3 Å². The second kappa shape index (κ2) is 14.7. The fraction of sp³-hybridized carbons (Fsp3) is 0.360. The van der Waals surface area contributed by atoms with E-state index in [0.717, 1.165) is 0 Å². The topological polar surface area (TPSA) is 138 Å². The maximum atomic E-state index is 12.3. The summed E-state index contributed by atoms with van der Waals surface area (Å²) in [6.45, 7) is 1.89. The summed E-state index contributed by atoms with van der Waals surface area (Å²) in [5.74, 6) is 10.9. The number of furan rings is 1. The van der Waals surface area contributed by atoms with Gasteiger partial charge in [-0.1, -0.05) is 5.92 Å². The van der Waals surface area contributed by atoms with Gasteiger partial charge in [-0.05, 0) is 61.1 Å². The molecule has 180 valence electrons. The van der Waals surface area contributed by atoms with Crippen LogP contribution in [0.4, 0.5) is 0 Å². The number of nitrogens with one attached hydrogen (secondary N) is 1. The lowest BCUT2D eigenvalue weighted by Gasteiger charge is -2.19. The SMILES string of the molecule is C[C@H](O)[C@H](NC(=O)c1ccc(C#CC#Cc2ccc(COCCOCCO)o2)cc1)C(=O)CO. The van der Waals surface area contributed by atoms with Gasteiger partial charge in [0.2, 0.25) is 0 Å². The molecule has 0 aliphatic heterocycles. The van der Waals surface area contributed by atoms with Gasteiger partial charge < -0.3 is 34.5 Å². The molecule has 2 atom stereocenters. The van der Waals surface area contributed by atoms with Crippen molar-refractivity contribution in [3.63, 3.8) is 0 Å². The van der Waals surface area contributed by atoms with Crippen molar-refractivity contribution in [3.05, 3.63) is 59.0 Å². The summed E-state index contributed by atoms with van der Waals surface area (Å²) in [6.07, 6.45) is -1.14. The van der Waals surface area contributed by atoms with Gasteiger partial charge in [-0.15, -0.1) is 0 Å². The highest BCUT2D eigenvalue weighted by atomic mass is 16.5. The first-order chi connectivity index (χ1) is 16.4. The minimum atomic E-state index is -1.19. The van der Waals surface area contributed by atoms with Gasteiger partial charge in [-0.3, -0.25) is 9.59 Å². The third-order valence-corrected chi connectivity index (χ3v) is 4.39. The van der Waals surface area contributed by atoms with Crippen molar-refractivity contribution in [2.24, 2.45) is 0 Å². The molecule has 0 radical (unpaired) electrons. The van der Waals surface area contributed by atoms with E-state index in [1.807, 2.05) is 0 Å². The van der Waals surface area contributed by atoms with Crippen LogP contribution in [0, 0.1) is 23.7 Å². The smallest absolute Gasteiger partial charge is 0.251 e. The number of carbonyl (C=O) groups is 2. The molecule has 1 heterocycles. The van der Waals surface area contributed by atoms with E-state index in [-0.39, 0.29) is 25.4 Å². The molecule has 0 aliphatic rings. The molecular weight excluding hydrogens is 442 g/mol. The van der Waals surface area contributed by atoms with E-state index in [4.69, 9.17) is 24.1 Å². The molecule has 0 spiro atoms. The molecule has 2 aromatic rings. The first-order valence-corrected chi connectivity index (χ1v) is 10.5. The fourth-order valence-electron chi connectivity index (χ4n) is 2.67. The van der Waals surface area contributed by atoms with Crippen LogP contribution in [0.15, 0.2) is 40.8 Å². The number of hydrogen-bond donors (Lipinski definition) is 4. The Labute approximate surface area is 197 Å². The normalized spacial score (nSPS) is 12.0. The van der Waals surface area contributed by atoms with Crippen molar-refractivity contribution in [3.8, 4) is 23.7 Å². The van der Waals surface area contributed by atoms with Gasteiger partial charge in [0, 0.05) is 11.1 Å². The van der Waals surface area contributed by atoms with Crippen LogP contribution >= 0.6 is 0 Å². The van der Waals surface area contributed by atoms with Gasteiger partial charge in [0.05, 0.1) is 32.5 Å². The number of Topliss-reactive ketones (excluding diaryl/α,β-unsaturated/α-hetero) is 1. The zero-order valence-corrected chi connectivity index (χ0v) is 18.7. The first-order valence-electron chi connectivity index (χ1n) is 10.5. The second-order valence-corrected chi connectivity index (χ2v) is 7.05. The molecule has 0 saturated carbocycles. The molecule has 9 heteroatoms. The van der Waals surface area contributed by atoms with Crippen LogP contribution < -0.4 is 5.32 Å². The Morgan fingerprint density at radius 1 is 1.00 bits per heavy atom. The number of hydrogen-bond acceptors (Lipinski definition) is 8. The van der Waals surface area contributed by atoms with E-state index in [9.17, 15) is 14.7 Å². The molecule has 1 aromatic carbocycles. The van der Waals surface area contributed by atoms with Gasteiger partial charge in [-0.2, -0.15) is 0 Å². The monoisotopic (exact) mass is 469 g/mol. The Balaban J connectivity index is 1.86. The Morgan fingerprint density at radius 2 is 1.71 bits per heavy atom. The number of aliphatic hydroxyl groups is 3. The van der Waals surface area contributed by atoms with Crippen LogP contribution in [0.5, 0.6) is 0 Å². The van der Waals surface area contributed by atoms with Gasteiger partial charge in [0.1, 0.15) is 25.0 Å². The number of carbonyl (C=O) groups excluding carboxylic acids is 2. The van der Waals surface area contributed by atoms with Crippen molar-refractivity contribution in [1.82, 2.24) is 5.32 Å². The van der Waals surface area contributed by atoms with Crippen molar-refractivity contribution in [1.29, 1.82) is 0 Å². The van der Waals surface area contributed by atoms with Crippen molar-refractivity contribution in [2.75, 3.05) is 33.0 Å². The minimum absolute atomic E-state index is 0.0218. The van der Waals surface area contributed by atoms with Crippen LogP contribution in [0.2, 0.25) is 0 Å². The molecule has 0 bridgehead atoms. The summed E-state index contributed by atoms with van der Waals surface area (Å²) >= 11 is 0. The first kappa shape index (κ1) is 26.8. The zero-order valence-electron chi connectivity index (χ0n) is 18.7. The molecule has 2 rings (SSSR count). The Morgan fingerprint density at radius 3 is 2.38 bits per heavy atom. The van der Waals surface area contributed by atoms with E-state index in [2.05, 4.69) is 29.0 Å². The number of ether oxygens (including phenoxy) is 2. The van der Waals surface area contributed by atoms with E-state index in [1.165, 1.54) is 19.1 Å². The molecule has 4 N–H and O–H groups in total. The van der Waals surface area contributed by atoms with E-state index in [1.54, 1.807) is 24.3 Å². The van der Waals surface area contributed by atoms with Crippen LogP contribution in [-0.4, -0.2) is 72.2 Å². The van der Waals surface area contributed by atoms with E-state index < -0.39 is 30.4 Å². The molecule has 1 aromatic heterocycles. The highest BCUT2D eigenvalue weighted by molar-refractivity contribution is 5.98. The average Bonchev–Trinajstić information content (AvgIpc) is 3.29. The van der Waals surface area contributed by atoms with Crippen molar-refractivity contribution in [2.45, 2.75) is 25.7 Å². The van der Waals surface area contributed by atoms with Gasteiger partial charge in [-0.25, -0.2) is 0 Å². The van der Waals surface area contributed by atoms with Crippen LogP contribution in [0.1, 0.15) is 34.4 Å². The molecule has 9 nitrogen and oxygen atoms in total. The number of amides is 1. The van der Waals surface area contributed by atoms with Crippen molar-refractivity contribution < 1.29 is 38.8 Å². The maximum Gasteiger partial charge on any atom is 0.251 e. The highest BCUT2D eigenvalue weighted by Gasteiger charge is 2.25. The molecule has 0 saturated heterocycles. The fourth-order valence-corrected chi connectivity index (χ4v) is 2.67. The van der Waals surface area contributed by atoms with Crippen LogP contribution in [-0.2, 0) is 20.9 Å². The largest absolute Gasteiger partial charge is 0.450 e. The summed E-state index contributed by atoms with van der Waals surface area (Å²) in [5.41, 5.74) is 0.902. The summed E-state index contributed by atoms with van der Waals surface area (Å²) < 4.78 is 16.0. The van der Waals surface area contributed by atoms with Gasteiger partial charge >= 0.3 is 0 Å². The quantitative estimate of drug-likeness (QED) is 0.256. The number of benzene rings is 1.